The van der Waals surface area contributed by atoms with E-state index in [-0.39, 0.29) is 25.3 Å². The Balaban J connectivity index is 2.84. The quantitative estimate of drug-likeness (QED) is 0.228. The lowest BCUT2D eigenvalue weighted by Gasteiger charge is -2.24. The zero-order valence-corrected chi connectivity index (χ0v) is 13.9. The van der Waals surface area contributed by atoms with Crippen LogP contribution in [0, 0.1) is 0 Å². The molecule has 0 aromatic heterocycles. The molecule has 0 saturated carbocycles. The third kappa shape index (κ3) is 5.38. The highest BCUT2D eigenvalue weighted by atomic mass is 35.5. The first-order valence-electron chi connectivity index (χ1n) is 6.78. The van der Waals surface area contributed by atoms with Crippen molar-refractivity contribution in [1.29, 1.82) is 0 Å². The van der Waals surface area contributed by atoms with Crippen molar-refractivity contribution in [1.82, 2.24) is 0 Å². The Morgan fingerprint density at radius 3 is 2.35 bits per heavy atom. The maximum atomic E-state index is 12.4. The summed E-state index contributed by atoms with van der Waals surface area (Å²) in [7, 11) is 0. The van der Waals surface area contributed by atoms with Crippen molar-refractivity contribution in [3.05, 3.63) is 33.8 Å². The number of aliphatic imine (C=N–C) groups is 1. The lowest BCUT2D eigenvalue weighted by Crippen LogP contribution is -2.58. The van der Waals surface area contributed by atoms with Gasteiger partial charge in [0.1, 0.15) is 0 Å². The average molecular weight is 360 g/mol. The Labute approximate surface area is 144 Å². The van der Waals surface area contributed by atoms with Gasteiger partial charge in [0.15, 0.2) is 17.3 Å². The van der Waals surface area contributed by atoms with Gasteiger partial charge in [-0.1, -0.05) is 29.3 Å². The average Bonchev–Trinajstić information content (AvgIpc) is 2.45. The van der Waals surface area contributed by atoms with Gasteiger partial charge >= 0.3 is 0 Å². The Hall–Kier alpha value is -1.83. The lowest BCUT2D eigenvalue weighted by atomic mass is 9.85. The van der Waals surface area contributed by atoms with Crippen LogP contribution in [0.25, 0.3) is 0 Å². The minimum atomic E-state index is -1.80. The summed E-state index contributed by atoms with van der Waals surface area (Å²) in [6, 6.07) is 4.70. The first-order chi connectivity index (χ1) is 10.7. The molecule has 0 bridgehead atoms. The van der Waals surface area contributed by atoms with Crippen LogP contribution in [0.15, 0.2) is 23.2 Å². The van der Waals surface area contributed by atoms with E-state index in [2.05, 4.69) is 4.99 Å². The van der Waals surface area contributed by atoms with Crippen LogP contribution in [0.4, 0.5) is 0 Å². The molecule has 9 heteroatoms. The molecular formula is C14H19Cl2N5O2. The fraction of sp³-hybridized carbons (Fsp3) is 0.357. The molecule has 0 unspecified atom stereocenters. The van der Waals surface area contributed by atoms with Crippen LogP contribution in [-0.4, -0.2) is 29.7 Å². The number of Topliss-reactive ketones (excluding diaryl/α,β-unsaturated/α-hetero) is 1. The molecule has 1 amide bonds. The fourth-order valence-corrected chi connectivity index (χ4v) is 2.44. The predicted octanol–water partition coefficient (Wildman–Crippen LogP) is 0.341. The minimum Gasteiger partial charge on any atom is -0.370 e. The summed E-state index contributed by atoms with van der Waals surface area (Å²) in [4.78, 5) is 27.9. The van der Waals surface area contributed by atoms with Gasteiger partial charge in [-0.15, -0.1) is 0 Å². The first kappa shape index (κ1) is 19.2. The second-order valence-electron chi connectivity index (χ2n) is 5.08. The van der Waals surface area contributed by atoms with Gasteiger partial charge < -0.3 is 22.9 Å². The molecule has 0 spiro atoms. The predicted molar refractivity (Wildman–Crippen MR) is 91.2 cm³/mol. The Bertz CT molecular complexity index is 632. The lowest BCUT2D eigenvalue weighted by molar-refractivity contribution is -0.134. The third-order valence-electron chi connectivity index (χ3n) is 3.33. The van der Waals surface area contributed by atoms with Crippen molar-refractivity contribution in [2.24, 2.45) is 27.9 Å². The standard InChI is InChI=1S/C14H19Cl2N5O2/c15-9-3-2-8(10(16)7-9)6-11(22)14(20,12(17)23)4-1-5-21-13(18)19/h2-3,7H,1,4-6,20H2,(H2,17,23)(H4,18,19,21)/t14-/m1/s1. The monoisotopic (exact) mass is 359 g/mol. The molecule has 0 radical (unpaired) electrons. The van der Waals surface area contributed by atoms with E-state index in [0.717, 1.165) is 0 Å². The van der Waals surface area contributed by atoms with Gasteiger partial charge in [0.2, 0.25) is 5.91 Å². The Morgan fingerprint density at radius 2 is 1.83 bits per heavy atom. The van der Waals surface area contributed by atoms with Crippen LogP contribution < -0.4 is 22.9 Å². The number of carbonyl (C=O) groups is 2. The van der Waals surface area contributed by atoms with Crippen molar-refractivity contribution in [3.8, 4) is 0 Å². The number of halogens is 2. The van der Waals surface area contributed by atoms with Crippen LogP contribution in [0.5, 0.6) is 0 Å². The summed E-state index contributed by atoms with van der Waals surface area (Å²) >= 11 is 11.8. The van der Waals surface area contributed by atoms with Crippen LogP contribution in [-0.2, 0) is 16.0 Å². The van der Waals surface area contributed by atoms with E-state index in [1.807, 2.05) is 0 Å². The molecule has 0 fully saturated rings. The Morgan fingerprint density at radius 1 is 1.17 bits per heavy atom. The van der Waals surface area contributed by atoms with E-state index < -0.39 is 17.2 Å². The van der Waals surface area contributed by atoms with E-state index in [1.54, 1.807) is 12.1 Å². The van der Waals surface area contributed by atoms with Crippen LogP contribution >= 0.6 is 23.2 Å². The van der Waals surface area contributed by atoms with E-state index in [1.165, 1.54) is 6.07 Å². The molecule has 1 aromatic rings. The number of rotatable bonds is 8. The van der Waals surface area contributed by atoms with Gasteiger partial charge in [-0.2, -0.15) is 0 Å². The molecule has 0 aliphatic rings. The summed E-state index contributed by atoms with van der Waals surface area (Å²) in [6.07, 6.45) is 0.234. The molecule has 7 nitrogen and oxygen atoms in total. The molecule has 1 rings (SSSR count). The van der Waals surface area contributed by atoms with E-state index in [0.29, 0.717) is 22.0 Å². The molecule has 0 saturated heterocycles. The number of guanidine groups is 1. The van der Waals surface area contributed by atoms with Crippen molar-refractivity contribution < 1.29 is 9.59 Å². The van der Waals surface area contributed by atoms with E-state index in [9.17, 15) is 9.59 Å². The van der Waals surface area contributed by atoms with Crippen LogP contribution in [0.3, 0.4) is 0 Å². The van der Waals surface area contributed by atoms with E-state index in [4.69, 9.17) is 46.1 Å². The number of benzene rings is 1. The van der Waals surface area contributed by atoms with Gasteiger partial charge in [-0.3, -0.25) is 14.6 Å². The Kier molecular flexibility index (Phi) is 6.80. The smallest absolute Gasteiger partial charge is 0.245 e. The van der Waals surface area contributed by atoms with Crippen molar-refractivity contribution in [2.75, 3.05) is 6.54 Å². The highest BCUT2D eigenvalue weighted by Gasteiger charge is 2.39. The molecule has 1 aromatic carbocycles. The fourth-order valence-electron chi connectivity index (χ4n) is 1.96. The number of primary amides is 1. The number of nitrogens with two attached hydrogens (primary N) is 4. The normalized spacial score (nSPS) is 13.2. The van der Waals surface area contributed by atoms with Gasteiger partial charge in [0.25, 0.3) is 0 Å². The number of nitrogens with zero attached hydrogens (tertiary/aromatic N) is 1. The second-order valence-corrected chi connectivity index (χ2v) is 5.93. The van der Waals surface area contributed by atoms with Gasteiger partial charge in [0.05, 0.1) is 0 Å². The summed E-state index contributed by atoms with van der Waals surface area (Å²) in [5, 5.41) is 0.760. The molecule has 23 heavy (non-hydrogen) atoms. The van der Waals surface area contributed by atoms with E-state index >= 15 is 0 Å². The maximum absolute atomic E-state index is 12.4. The summed E-state index contributed by atoms with van der Waals surface area (Å²) in [5.74, 6) is -1.51. The zero-order chi connectivity index (χ0) is 17.6. The third-order valence-corrected chi connectivity index (χ3v) is 3.91. The number of ketones is 1. The van der Waals surface area contributed by atoms with Crippen LogP contribution in [0.1, 0.15) is 18.4 Å². The van der Waals surface area contributed by atoms with Crippen molar-refractivity contribution >= 4 is 40.9 Å². The number of hydrogen-bond donors (Lipinski definition) is 4. The van der Waals surface area contributed by atoms with Gasteiger partial charge in [-0.05, 0) is 30.5 Å². The SMILES string of the molecule is NC(=O)[C@@](N)(CCCN=C(N)N)C(=O)Cc1ccc(Cl)cc1Cl. The van der Waals surface area contributed by atoms with Crippen LogP contribution in [0.2, 0.25) is 10.0 Å². The highest BCUT2D eigenvalue weighted by molar-refractivity contribution is 6.35. The second kappa shape index (κ2) is 8.14. The molecule has 1 atom stereocenters. The maximum Gasteiger partial charge on any atom is 0.245 e. The zero-order valence-electron chi connectivity index (χ0n) is 12.4. The molecule has 0 aliphatic carbocycles. The molecule has 0 aliphatic heterocycles. The molecule has 0 heterocycles. The number of hydrogen-bond acceptors (Lipinski definition) is 4. The summed E-state index contributed by atoms with van der Waals surface area (Å²) < 4.78 is 0. The molecule has 8 N–H and O–H groups in total. The topological polar surface area (TPSA) is 151 Å². The van der Waals surface area contributed by atoms with Gasteiger partial charge in [-0.25, -0.2) is 0 Å². The first-order valence-corrected chi connectivity index (χ1v) is 7.54. The summed E-state index contributed by atoms with van der Waals surface area (Å²) in [5.41, 5.74) is 20.4. The van der Waals surface area contributed by atoms with Crippen molar-refractivity contribution in [2.45, 2.75) is 24.8 Å². The molecular weight excluding hydrogens is 341 g/mol. The highest BCUT2D eigenvalue weighted by Crippen LogP contribution is 2.23. The van der Waals surface area contributed by atoms with Gasteiger partial charge in [0, 0.05) is 23.0 Å². The summed E-state index contributed by atoms with van der Waals surface area (Å²) in [6.45, 7) is 0.240. The number of carbonyl (C=O) groups excluding carboxylic acids is 2. The number of amides is 1. The van der Waals surface area contributed by atoms with Crippen molar-refractivity contribution in [3.63, 3.8) is 0 Å². The largest absolute Gasteiger partial charge is 0.370 e. The minimum absolute atomic E-state index is 0.0309. The molecule has 126 valence electrons.